The number of anilines is 1. The molecule has 1 saturated heterocycles. The van der Waals surface area contributed by atoms with Crippen LogP contribution in [0.1, 0.15) is 59.9 Å². The number of carbonyl (C=O) groups excluding carboxylic acids is 1. The Balaban J connectivity index is 1.14. The van der Waals surface area contributed by atoms with E-state index in [1.54, 1.807) is 12.1 Å². The average Bonchev–Trinajstić information content (AvgIpc) is 3.37. The van der Waals surface area contributed by atoms with Crippen LogP contribution >= 0.6 is 11.5 Å². The maximum atomic E-state index is 13.1. The van der Waals surface area contributed by atoms with Gasteiger partial charge in [-0.2, -0.15) is 4.37 Å². The van der Waals surface area contributed by atoms with Crippen molar-refractivity contribution in [3.05, 3.63) is 76.9 Å². The van der Waals surface area contributed by atoms with E-state index in [0.717, 1.165) is 61.2 Å². The third-order valence-electron chi connectivity index (χ3n) is 6.62. The van der Waals surface area contributed by atoms with Gasteiger partial charge in [0.05, 0.1) is 0 Å². The minimum atomic E-state index is -0.231. The molecule has 1 aliphatic heterocycles. The van der Waals surface area contributed by atoms with Crippen LogP contribution in [0.2, 0.25) is 0 Å². The second-order valence-corrected chi connectivity index (χ2v) is 10.1. The number of amides is 1. The molecule has 36 heavy (non-hydrogen) atoms. The Morgan fingerprint density at radius 3 is 2.42 bits per heavy atom. The number of hydrogen-bond donors (Lipinski definition) is 1. The van der Waals surface area contributed by atoms with Gasteiger partial charge in [0.1, 0.15) is 11.6 Å². The predicted molar refractivity (Wildman–Crippen MR) is 144 cm³/mol. The normalized spacial score (nSPS) is 14.2. The zero-order chi connectivity index (χ0) is 25.2. The van der Waals surface area contributed by atoms with Gasteiger partial charge in [0, 0.05) is 62.8 Å². The Morgan fingerprint density at radius 2 is 1.69 bits per heavy atom. The van der Waals surface area contributed by atoms with Crippen molar-refractivity contribution in [1.82, 2.24) is 19.6 Å². The summed E-state index contributed by atoms with van der Waals surface area (Å²) in [5.41, 5.74) is 3.04. The van der Waals surface area contributed by atoms with Crippen molar-refractivity contribution in [2.24, 2.45) is 0 Å². The van der Waals surface area contributed by atoms with E-state index < -0.39 is 0 Å². The third-order valence-corrected chi connectivity index (χ3v) is 7.44. The molecule has 6 nitrogen and oxygen atoms in total. The first-order valence-electron chi connectivity index (χ1n) is 13.0. The average molecular weight is 510 g/mol. The molecule has 0 saturated carbocycles. The molecule has 0 atom stereocenters. The molecule has 2 aromatic carbocycles. The largest absolute Gasteiger partial charge is 0.351 e. The van der Waals surface area contributed by atoms with Gasteiger partial charge in [-0.25, -0.2) is 9.37 Å². The highest BCUT2D eigenvalue weighted by Gasteiger charge is 2.20. The van der Waals surface area contributed by atoms with E-state index in [1.807, 2.05) is 12.1 Å². The summed E-state index contributed by atoms with van der Waals surface area (Å²) >= 11 is 1.42. The van der Waals surface area contributed by atoms with Gasteiger partial charge in [-0.05, 0) is 48.2 Å². The molecule has 0 unspecified atom stereocenters. The Hall–Kier alpha value is -2.84. The monoisotopic (exact) mass is 509 g/mol. The number of nitrogens with zero attached hydrogens (tertiary/aromatic N) is 4. The van der Waals surface area contributed by atoms with Crippen LogP contribution in [-0.2, 0) is 12.8 Å². The summed E-state index contributed by atoms with van der Waals surface area (Å²) in [6, 6.07) is 14.5. The molecule has 1 fully saturated rings. The molecule has 4 rings (SSSR count). The first kappa shape index (κ1) is 26.2. The lowest BCUT2D eigenvalue weighted by Crippen LogP contribution is -2.48. The third kappa shape index (κ3) is 7.83. The SMILES string of the molecule is CCCCCCc1ccc(C(=O)NCCN2CCN(c3nc(Cc4ccc(F)cc4)ns3)CC2)cc1. The van der Waals surface area contributed by atoms with Crippen LogP contribution in [0.5, 0.6) is 0 Å². The second kappa shape index (κ2) is 13.5. The van der Waals surface area contributed by atoms with Crippen molar-refractivity contribution in [3.63, 3.8) is 0 Å². The lowest BCUT2D eigenvalue weighted by molar-refractivity contribution is 0.0947. The van der Waals surface area contributed by atoms with Gasteiger partial charge >= 0.3 is 0 Å². The molecule has 0 aliphatic carbocycles. The zero-order valence-electron chi connectivity index (χ0n) is 21.1. The summed E-state index contributed by atoms with van der Waals surface area (Å²) in [6.07, 6.45) is 6.71. The highest BCUT2D eigenvalue weighted by Crippen LogP contribution is 2.20. The van der Waals surface area contributed by atoms with Crippen LogP contribution in [0.25, 0.3) is 0 Å². The molecule has 3 aromatic rings. The van der Waals surface area contributed by atoms with Gasteiger partial charge in [0.25, 0.3) is 5.91 Å². The van der Waals surface area contributed by atoms with Crippen LogP contribution in [0.15, 0.2) is 48.5 Å². The Labute approximate surface area is 217 Å². The highest BCUT2D eigenvalue weighted by atomic mass is 32.1. The van der Waals surface area contributed by atoms with Crippen LogP contribution in [0.3, 0.4) is 0 Å². The summed E-state index contributed by atoms with van der Waals surface area (Å²) in [6.45, 7) is 7.32. The standard InChI is InChI=1S/C28H36FN5OS/c1-2-3-4-5-6-22-7-11-24(12-8-22)27(35)30-15-16-33-17-19-34(20-18-33)28-31-26(32-36-28)21-23-9-13-25(29)14-10-23/h7-14H,2-6,15-21H2,1H3,(H,30,35). The lowest BCUT2D eigenvalue weighted by Gasteiger charge is -2.34. The molecule has 1 aromatic heterocycles. The molecule has 1 aliphatic rings. The summed E-state index contributed by atoms with van der Waals surface area (Å²) < 4.78 is 17.6. The van der Waals surface area contributed by atoms with Crippen molar-refractivity contribution in [3.8, 4) is 0 Å². The van der Waals surface area contributed by atoms with E-state index in [9.17, 15) is 9.18 Å². The molecule has 8 heteroatoms. The van der Waals surface area contributed by atoms with Gasteiger partial charge < -0.3 is 10.2 Å². The molecule has 1 amide bonds. The fourth-order valence-corrected chi connectivity index (χ4v) is 5.14. The van der Waals surface area contributed by atoms with E-state index in [1.165, 1.54) is 54.9 Å². The number of nitrogens with one attached hydrogen (secondary N) is 1. The molecule has 192 valence electrons. The van der Waals surface area contributed by atoms with Crippen LogP contribution in [-0.4, -0.2) is 59.4 Å². The van der Waals surface area contributed by atoms with Gasteiger partial charge in [-0.3, -0.25) is 9.69 Å². The predicted octanol–water partition coefficient (Wildman–Crippen LogP) is 4.94. The smallest absolute Gasteiger partial charge is 0.251 e. The molecular weight excluding hydrogens is 473 g/mol. The number of aromatic nitrogens is 2. The molecular formula is C28H36FN5OS. The molecule has 1 N–H and O–H groups in total. The van der Waals surface area contributed by atoms with Crippen molar-refractivity contribution >= 4 is 22.6 Å². The first-order valence-corrected chi connectivity index (χ1v) is 13.8. The van der Waals surface area contributed by atoms with Crippen LogP contribution in [0.4, 0.5) is 9.52 Å². The Morgan fingerprint density at radius 1 is 0.972 bits per heavy atom. The van der Waals surface area contributed by atoms with Gasteiger partial charge in [0.2, 0.25) is 5.13 Å². The minimum absolute atomic E-state index is 0.00582. The van der Waals surface area contributed by atoms with E-state index in [2.05, 4.69) is 38.5 Å². The number of unbranched alkanes of at least 4 members (excludes halogenated alkanes) is 3. The number of carbonyl (C=O) groups is 1. The summed E-state index contributed by atoms with van der Waals surface area (Å²) in [4.78, 5) is 21.8. The fraction of sp³-hybridized carbons (Fsp3) is 0.464. The van der Waals surface area contributed by atoms with Crippen LogP contribution in [0, 0.1) is 5.82 Å². The van der Waals surface area contributed by atoms with Crippen molar-refractivity contribution in [2.45, 2.75) is 45.4 Å². The number of aryl methyl sites for hydroxylation is 1. The summed E-state index contributed by atoms with van der Waals surface area (Å²) in [7, 11) is 0. The number of rotatable bonds is 12. The maximum Gasteiger partial charge on any atom is 0.251 e. The maximum absolute atomic E-state index is 13.1. The van der Waals surface area contributed by atoms with Crippen LogP contribution < -0.4 is 10.2 Å². The summed E-state index contributed by atoms with van der Waals surface area (Å²) in [5, 5.41) is 4.00. The molecule has 2 heterocycles. The first-order chi connectivity index (χ1) is 17.6. The minimum Gasteiger partial charge on any atom is -0.351 e. The molecule has 0 bridgehead atoms. The lowest BCUT2D eigenvalue weighted by atomic mass is 10.0. The van der Waals surface area contributed by atoms with Gasteiger partial charge in [-0.15, -0.1) is 0 Å². The Kier molecular flexibility index (Phi) is 9.81. The van der Waals surface area contributed by atoms with E-state index in [-0.39, 0.29) is 11.7 Å². The summed E-state index contributed by atoms with van der Waals surface area (Å²) in [5.74, 6) is 0.537. The highest BCUT2D eigenvalue weighted by molar-refractivity contribution is 7.09. The topological polar surface area (TPSA) is 61.4 Å². The van der Waals surface area contributed by atoms with E-state index in [4.69, 9.17) is 4.98 Å². The van der Waals surface area contributed by atoms with E-state index >= 15 is 0 Å². The Bertz CT molecular complexity index is 1080. The second-order valence-electron chi connectivity index (χ2n) is 9.39. The number of piperazine rings is 1. The van der Waals surface area contributed by atoms with E-state index in [0.29, 0.717) is 13.0 Å². The fourth-order valence-electron chi connectivity index (χ4n) is 4.40. The number of hydrogen-bond acceptors (Lipinski definition) is 6. The molecule has 0 spiro atoms. The molecule has 0 radical (unpaired) electrons. The zero-order valence-corrected chi connectivity index (χ0v) is 21.9. The number of halogens is 1. The number of benzene rings is 2. The quantitative estimate of drug-likeness (QED) is 0.350. The van der Waals surface area contributed by atoms with Crippen molar-refractivity contribution in [2.75, 3.05) is 44.2 Å². The van der Waals surface area contributed by atoms with Crippen molar-refractivity contribution < 1.29 is 9.18 Å². The van der Waals surface area contributed by atoms with Gasteiger partial charge in [-0.1, -0.05) is 50.5 Å². The van der Waals surface area contributed by atoms with Crippen molar-refractivity contribution in [1.29, 1.82) is 0 Å². The van der Waals surface area contributed by atoms with Gasteiger partial charge in [0.15, 0.2) is 0 Å².